The summed E-state index contributed by atoms with van der Waals surface area (Å²) in [7, 11) is 0. The zero-order valence-electron chi connectivity index (χ0n) is 16.7. The molecule has 6 nitrogen and oxygen atoms in total. The highest BCUT2D eigenvalue weighted by molar-refractivity contribution is 7.15. The second-order valence-electron chi connectivity index (χ2n) is 7.55. The molecule has 154 valence electrons. The Balaban J connectivity index is 1.40. The van der Waals surface area contributed by atoms with Crippen molar-refractivity contribution >= 4 is 45.6 Å². The Morgan fingerprint density at radius 1 is 1.17 bits per heavy atom. The van der Waals surface area contributed by atoms with Gasteiger partial charge in [-0.05, 0) is 54.8 Å². The summed E-state index contributed by atoms with van der Waals surface area (Å²) >= 11 is 7.20. The number of rotatable bonds is 5. The molecule has 0 unspecified atom stereocenters. The third kappa shape index (κ3) is 4.68. The molecule has 1 N–H and O–H groups in total. The average molecular weight is 441 g/mol. The van der Waals surface area contributed by atoms with Gasteiger partial charge in [-0.15, -0.1) is 10.2 Å². The average Bonchev–Trinajstić information content (AvgIpc) is 3.29. The number of hydrogen-bond donors (Lipinski definition) is 1. The molecule has 4 rings (SSSR count). The zero-order chi connectivity index (χ0) is 21.3. The topological polar surface area (TPSA) is 75.2 Å². The molecule has 1 aliphatic heterocycles. The van der Waals surface area contributed by atoms with Crippen LogP contribution >= 0.6 is 22.9 Å². The lowest BCUT2D eigenvalue weighted by molar-refractivity contribution is -0.117. The Morgan fingerprint density at radius 2 is 1.87 bits per heavy atom. The van der Waals surface area contributed by atoms with Crippen molar-refractivity contribution in [1.82, 2.24) is 10.2 Å². The smallest absolute Gasteiger partial charge is 0.230 e. The maximum Gasteiger partial charge on any atom is 0.230 e. The molecule has 30 heavy (non-hydrogen) atoms. The quantitative estimate of drug-likeness (QED) is 0.633. The van der Waals surface area contributed by atoms with Gasteiger partial charge in [0.1, 0.15) is 5.01 Å². The van der Waals surface area contributed by atoms with E-state index in [1.807, 2.05) is 43.0 Å². The van der Waals surface area contributed by atoms with Gasteiger partial charge in [-0.1, -0.05) is 41.1 Å². The van der Waals surface area contributed by atoms with Crippen molar-refractivity contribution in [3.63, 3.8) is 0 Å². The fourth-order valence-electron chi connectivity index (χ4n) is 3.63. The molecule has 1 atom stereocenters. The van der Waals surface area contributed by atoms with Gasteiger partial charge in [0, 0.05) is 29.6 Å². The van der Waals surface area contributed by atoms with Gasteiger partial charge in [-0.3, -0.25) is 9.59 Å². The SMILES string of the molecule is Cc1cc(C)cc(N2C[C@@H](c3nnc(NC(=O)Cc4ccc(Cl)cc4)s3)CC2=O)c1. The first-order valence-corrected chi connectivity index (χ1v) is 10.8. The van der Waals surface area contributed by atoms with Crippen LogP contribution in [0, 0.1) is 13.8 Å². The van der Waals surface area contributed by atoms with Gasteiger partial charge in [-0.2, -0.15) is 0 Å². The maximum absolute atomic E-state index is 12.6. The monoisotopic (exact) mass is 440 g/mol. The largest absolute Gasteiger partial charge is 0.312 e. The van der Waals surface area contributed by atoms with Gasteiger partial charge < -0.3 is 10.2 Å². The second-order valence-corrected chi connectivity index (χ2v) is 8.99. The van der Waals surface area contributed by atoms with Crippen molar-refractivity contribution in [1.29, 1.82) is 0 Å². The van der Waals surface area contributed by atoms with Gasteiger partial charge in [0.05, 0.1) is 6.42 Å². The summed E-state index contributed by atoms with van der Waals surface area (Å²) in [6.45, 7) is 4.62. The Bertz CT molecular complexity index is 1080. The van der Waals surface area contributed by atoms with E-state index in [0.29, 0.717) is 23.1 Å². The van der Waals surface area contributed by atoms with E-state index in [1.165, 1.54) is 11.3 Å². The van der Waals surface area contributed by atoms with E-state index in [-0.39, 0.29) is 24.2 Å². The number of benzene rings is 2. The highest BCUT2D eigenvalue weighted by Crippen LogP contribution is 2.34. The van der Waals surface area contributed by atoms with Gasteiger partial charge in [0.25, 0.3) is 0 Å². The van der Waals surface area contributed by atoms with Gasteiger partial charge in [-0.25, -0.2) is 0 Å². The number of aryl methyl sites for hydroxylation is 2. The number of halogens is 1. The van der Waals surface area contributed by atoms with Crippen molar-refractivity contribution in [2.45, 2.75) is 32.6 Å². The lowest BCUT2D eigenvalue weighted by atomic mass is 10.1. The Hall–Kier alpha value is -2.77. The van der Waals surface area contributed by atoms with Crippen LogP contribution in [0.3, 0.4) is 0 Å². The van der Waals surface area contributed by atoms with Gasteiger partial charge >= 0.3 is 0 Å². The highest BCUT2D eigenvalue weighted by Gasteiger charge is 2.34. The summed E-state index contributed by atoms with van der Waals surface area (Å²) in [4.78, 5) is 26.7. The summed E-state index contributed by atoms with van der Waals surface area (Å²) in [6.07, 6.45) is 0.620. The van der Waals surface area contributed by atoms with E-state index in [0.717, 1.165) is 27.4 Å². The lowest BCUT2D eigenvalue weighted by Crippen LogP contribution is -2.24. The molecule has 1 fully saturated rings. The van der Waals surface area contributed by atoms with Crippen molar-refractivity contribution in [3.8, 4) is 0 Å². The van der Waals surface area contributed by atoms with E-state index in [4.69, 9.17) is 11.6 Å². The molecule has 0 spiro atoms. The van der Waals surface area contributed by atoms with Crippen LogP contribution in [0.5, 0.6) is 0 Å². The third-order valence-corrected chi connectivity index (χ3v) is 6.21. The third-order valence-electron chi connectivity index (χ3n) is 4.96. The molecular weight excluding hydrogens is 420 g/mol. The normalized spacial score (nSPS) is 16.2. The van der Waals surface area contributed by atoms with Crippen molar-refractivity contribution in [3.05, 3.63) is 69.2 Å². The predicted octanol–water partition coefficient (Wildman–Crippen LogP) is 4.51. The number of aromatic nitrogens is 2. The van der Waals surface area contributed by atoms with E-state index in [2.05, 4.69) is 21.6 Å². The van der Waals surface area contributed by atoms with Crippen LogP contribution in [-0.2, 0) is 16.0 Å². The highest BCUT2D eigenvalue weighted by atomic mass is 35.5. The minimum Gasteiger partial charge on any atom is -0.312 e. The van der Waals surface area contributed by atoms with Crippen LogP contribution in [-0.4, -0.2) is 28.6 Å². The Kier molecular flexibility index (Phi) is 5.83. The number of hydrogen-bond acceptors (Lipinski definition) is 5. The molecule has 0 saturated carbocycles. The molecule has 8 heteroatoms. The van der Waals surface area contributed by atoms with E-state index >= 15 is 0 Å². The van der Waals surface area contributed by atoms with Gasteiger partial charge in [0.15, 0.2) is 0 Å². The summed E-state index contributed by atoms with van der Waals surface area (Å²) in [6, 6.07) is 13.3. The minimum absolute atomic E-state index is 0.0299. The Labute approximate surface area is 183 Å². The molecule has 2 amide bonds. The van der Waals surface area contributed by atoms with Crippen LogP contribution in [0.2, 0.25) is 5.02 Å². The zero-order valence-corrected chi connectivity index (χ0v) is 18.3. The van der Waals surface area contributed by atoms with Crippen LogP contribution in [0.1, 0.15) is 34.0 Å². The summed E-state index contributed by atoms with van der Waals surface area (Å²) in [5.41, 5.74) is 4.04. The molecule has 0 aliphatic carbocycles. The molecular formula is C22H21ClN4O2S. The van der Waals surface area contributed by atoms with Crippen LogP contribution in [0.4, 0.5) is 10.8 Å². The van der Waals surface area contributed by atoms with E-state index in [1.54, 1.807) is 12.1 Å². The summed E-state index contributed by atoms with van der Waals surface area (Å²) in [5.74, 6) is -0.120. The molecule has 1 aliphatic rings. The number of amides is 2. The lowest BCUT2D eigenvalue weighted by Gasteiger charge is -2.17. The van der Waals surface area contributed by atoms with E-state index in [9.17, 15) is 9.59 Å². The van der Waals surface area contributed by atoms with Crippen LogP contribution in [0.15, 0.2) is 42.5 Å². The second kappa shape index (κ2) is 8.53. The number of nitrogens with one attached hydrogen (secondary N) is 1. The number of anilines is 2. The van der Waals surface area contributed by atoms with Crippen molar-refractivity contribution < 1.29 is 9.59 Å². The minimum atomic E-state index is -0.167. The molecule has 2 aromatic carbocycles. The summed E-state index contributed by atoms with van der Waals surface area (Å²) in [5, 5.41) is 13.0. The maximum atomic E-state index is 12.6. The molecule has 2 heterocycles. The molecule has 0 bridgehead atoms. The standard InChI is InChI=1S/C22H21ClN4O2S/c1-13-7-14(2)9-18(8-13)27-12-16(11-20(27)29)21-25-26-22(30-21)24-19(28)10-15-3-5-17(23)6-4-15/h3-9,16H,10-12H2,1-2H3,(H,24,26,28)/t16-/m0/s1. The van der Waals surface area contributed by atoms with Gasteiger partial charge in [0.2, 0.25) is 16.9 Å². The van der Waals surface area contributed by atoms with E-state index < -0.39 is 0 Å². The number of carbonyl (C=O) groups is 2. The number of carbonyl (C=O) groups excluding carboxylic acids is 2. The van der Waals surface area contributed by atoms with Crippen LogP contribution < -0.4 is 10.2 Å². The molecule has 1 aromatic heterocycles. The summed E-state index contributed by atoms with van der Waals surface area (Å²) < 4.78 is 0. The fraction of sp³-hybridized carbons (Fsp3) is 0.273. The fourth-order valence-corrected chi connectivity index (χ4v) is 4.61. The first-order chi connectivity index (χ1) is 14.4. The van der Waals surface area contributed by atoms with Crippen molar-refractivity contribution in [2.24, 2.45) is 0 Å². The molecule has 1 saturated heterocycles. The molecule has 3 aromatic rings. The molecule has 0 radical (unpaired) electrons. The number of nitrogens with zero attached hydrogens (tertiary/aromatic N) is 3. The predicted molar refractivity (Wildman–Crippen MR) is 119 cm³/mol. The first-order valence-electron chi connectivity index (χ1n) is 9.64. The van der Waals surface area contributed by atoms with Crippen molar-refractivity contribution in [2.75, 3.05) is 16.8 Å². The first kappa shape index (κ1) is 20.5. The van der Waals surface area contributed by atoms with Crippen LogP contribution in [0.25, 0.3) is 0 Å². The Morgan fingerprint density at radius 3 is 2.57 bits per heavy atom.